The second-order valence-corrected chi connectivity index (χ2v) is 5.14. The number of nitrogens with zero attached hydrogens (tertiary/aromatic N) is 1. The SMILES string of the molecule is CC(C)(OC1NC(N)=NC1N)c1cccc(Cl)c1. The summed E-state index contributed by atoms with van der Waals surface area (Å²) in [5.41, 5.74) is 11.8. The van der Waals surface area contributed by atoms with Gasteiger partial charge in [0.05, 0.1) is 5.60 Å². The van der Waals surface area contributed by atoms with Crippen molar-refractivity contribution in [3.05, 3.63) is 34.9 Å². The third-order valence-electron chi connectivity index (χ3n) is 2.83. The maximum absolute atomic E-state index is 5.98. The van der Waals surface area contributed by atoms with Gasteiger partial charge in [0.25, 0.3) is 0 Å². The molecule has 0 fully saturated rings. The first kappa shape index (κ1) is 13.1. The van der Waals surface area contributed by atoms with Gasteiger partial charge in [-0.3, -0.25) is 0 Å². The number of guanidine groups is 1. The molecule has 1 aromatic carbocycles. The van der Waals surface area contributed by atoms with Crippen molar-refractivity contribution in [1.29, 1.82) is 0 Å². The molecule has 98 valence electrons. The van der Waals surface area contributed by atoms with Crippen molar-refractivity contribution in [2.24, 2.45) is 16.5 Å². The van der Waals surface area contributed by atoms with Crippen LogP contribution < -0.4 is 16.8 Å². The van der Waals surface area contributed by atoms with Crippen molar-refractivity contribution in [1.82, 2.24) is 5.32 Å². The van der Waals surface area contributed by atoms with Gasteiger partial charge >= 0.3 is 0 Å². The van der Waals surface area contributed by atoms with Crippen LogP contribution in [-0.4, -0.2) is 18.4 Å². The van der Waals surface area contributed by atoms with Crippen LogP contribution >= 0.6 is 11.6 Å². The average Bonchev–Trinajstić information content (AvgIpc) is 2.56. The second kappa shape index (κ2) is 4.76. The fourth-order valence-corrected chi connectivity index (χ4v) is 2.03. The van der Waals surface area contributed by atoms with Gasteiger partial charge in [0.15, 0.2) is 12.2 Å². The Labute approximate surface area is 111 Å². The van der Waals surface area contributed by atoms with E-state index in [1.54, 1.807) is 0 Å². The summed E-state index contributed by atoms with van der Waals surface area (Å²) >= 11 is 5.98. The van der Waals surface area contributed by atoms with Crippen LogP contribution in [0.15, 0.2) is 29.3 Å². The summed E-state index contributed by atoms with van der Waals surface area (Å²) in [5, 5.41) is 3.56. The van der Waals surface area contributed by atoms with Crippen molar-refractivity contribution in [2.75, 3.05) is 0 Å². The van der Waals surface area contributed by atoms with E-state index in [-0.39, 0.29) is 0 Å². The predicted octanol–water partition coefficient (Wildman–Crippen LogP) is 1.12. The van der Waals surface area contributed by atoms with Crippen LogP contribution in [0.3, 0.4) is 0 Å². The van der Waals surface area contributed by atoms with E-state index in [2.05, 4.69) is 10.3 Å². The first-order valence-electron chi connectivity index (χ1n) is 5.68. The lowest BCUT2D eigenvalue weighted by Gasteiger charge is -2.31. The summed E-state index contributed by atoms with van der Waals surface area (Å²) in [6.07, 6.45) is -0.928. The van der Waals surface area contributed by atoms with E-state index >= 15 is 0 Å². The summed E-state index contributed by atoms with van der Waals surface area (Å²) in [6.45, 7) is 3.89. The summed E-state index contributed by atoms with van der Waals surface area (Å²) in [4.78, 5) is 3.98. The molecule has 0 radical (unpaired) electrons. The first-order chi connectivity index (χ1) is 8.38. The molecule has 2 unspecified atom stereocenters. The van der Waals surface area contributed by atoms with Gasteiger partial charge in [0, 0.05) is 5.02 Å². The summed E-state index contributed by atoms with van der Waals surface area (Å²) < 4.78 is 5.93. The number of halogens is 1. The van der Waals surface area contributed by atoms with E-state index in [9.17, 15) is 0 Å². The molecule has 6 heteroatoms. The number of benzene rings is 1. The predicted molar refractivity (Wildman–Crippen MR) is 72.1 cm³/mol. The van der Waals surface area contributed by atoms with Crippen molar-refractivity contribution >= 4 is 17.6 Å². The van der Waals surface area contributed by atoms with Crippen LogP contribution in [0.25, 0.3) is 0 Å². The zero-order valence-corrected chi connectivity index (χ0v) is 11.1. The molecule has 5 nitrogen and oxygen atoms in total. The molecule has 1 aliphatic rings. The van der Waals surface area contributed by atoms with Crippen molar-refractivity contribution < 1.29 is 4.74 Å². The van der Waals surface area contributed by atoms with E-state index in [0.717, 1.165) is 5.56 Å². The zero-order chi connectivity index (χ0) is 13.3. The van der Waals surface area contributed by atoms with Crippen LogP contribution in [0.2, 0.25) is 5.02 Å². The minimum atomic E-state index is -0.541. The quantitative estimate of drug-likeness (QED) is 0.767. The maximum atomic E-state index is 5.98. The van der Waals surface area contributed by atoms with Crippen LogP contribution in [0, 0.1) is 0 Å². The summed E-state index contributed by atoms with van der Waals surface area (Å²) in [7, 11) is 0. The molecular formula is C12H17ClN4O. The summed E-state index contributed by atoms with van der Waals surface area (Å²) in [6, 6.07) is 7.53. The number of hydrogen-bond donors (Lipinski definition) is 3. The van der Waals surface area contributed by atoms with E-state index in [1.165, 1.54) is 0 Å². The van der Waals surface area contributed by atoms with Gasteiger partial charge in [-0.05, 0) is 31.5 Å². The van der Waals surface area contributed by atoms with Gasteiger partial charge < -0.3 is 21.5 Å². The van der Waals surface area contributed by atoms with Gasteiger partial charge in [-0.15, -0.1) is 0 Å². The Kier molecular flexibility index (Phi) is 3.47. The molecule has 0 saturated carbocycles. The molecule has 2 rings (SSSR count). The van der Waals surface area contributed by atoms with Crippen LogP contribution in [-0.2, 0) is 10.3 Å². The highest BCUT2D eigenvalue weighted by Crippen LogP contribution is 2.28. The van der Waals surface area contributed by atoms with E-state index in [4.69, 9.17) is 27.8 Å². The Morgan fingerprint density at radius 1 is 1.44 bits per heavy atom. The molecule has 0 bridgehead atoms. The molecule has 0 aliphatic carbocycles. The van der Waals surface area contributed by atoms with Gasteiger partial charge in [0.2, 0.25) is 0 Å². The van der Waals surface area contributed by atoms with Crippen molar-refractivity contribution in [2.45, 2.75) is 31.8 Å². The lowest BCUT2D eigenvalue weighted by atomic mass is 9.98. The van der Waals surface area contributed by atoms with Gasteiger partial charge in [-0.2, -0.15) is 0 Å². The van der Waals surface area contributed by atoms with Crippen LogP contribution in [0.5, 0.6) is 0 Å². The second-order valence-electron chi connectivity index (χ2n) is 4.71. The molecule has 0 aromatic heterocycles. The molecule has 2 atom stereocenters. The Balaban J connectivity index is 2.13. The topological polar surface area (TPSA) is 85.7 Å². The number of aliphatic imine (C=N–C) groups is 1. The van der Waals surface area contributed by atoms with E-state index < -0.39 is 18.0 Å². The average molecular weight is 269 g/mol. The van der Waals surface area contributed by atoms with Gasteiger partial charge in [-0.25, -0.2) is 4.99 Å². The Bertz CT molecular complexity index is 475. The molecule has 1 heterocycles. The lowest BCUT2D eigenvalue weighted by Crippen LogP contribution is -2.46. The number of nitrogens with two attached hydrogens (primary N) is 2. The fourth-order valence-electron chi connectivity index (χ4n) is 1.84. The van der Waals surface area contributed by atoms with Crippen LogP contribution in [0.4, 0.5) is 0 Å². The minimum Gasteiger partial charge on any atom is -0.370 e. The standard InChI is InChI=1S/C12H17ClN4O/c1-12(2,7-4-3-5-8(13)6-7)18-10-9(14)16-11(15)17-10/h3-6,9-10H,14H2,1-2H3,(H3,15,16,17). The lowest BCUT2D eigenvalue weighted by molar-refractivity contribution is -0.0870. The molecular weight excluding hydrogens is 252 g/mol. The largest absolute Gasteiger partial charge is 0.370 e. The third-order valence-corrected chi connectivity index (χ3v) is 3.06. The number of nitrogens with one attached hydrogen (secondary N) is 1. The van der Waals surface area contributed by atoms with Gasteiger partial charge in [0.1, 0.15) is 6.17 Å². The summed E-state index contributed by atoms with van der Waals surface area (Å²) in [5.74, 6) is 0.300. The molecule has 18 heavy (non-hydrogen) atoms. The molecule has 1 aromatic rings. The molecule has 0 spiro atoms. The molecule has 5 N–H and O–H groups in total. The Morgan fingerprint density at radius 2 is 2.17 bits per heavy atom. The van der Waals surface area contributed by atoms with Gasteiger partial charge in [-0.1, -0.05) is 23.7 Å². The van der Waals surface area contributed by atoms with Crippen molar-refractivity contribution in [3.8, 4) is 0 Å². The highest BCUT2D eigenvalue weighted by molar-refractivity contribution is 6.30. The number of hydrogen-bond acceptors (Lipinski definition) is 5. The highest BCUT2D eigenvalue weighted by atomic mass is 35.5. The molecule has 1 aliphatic heterocycles. The normalized spacial score (nSPS) is 23.7. The zero-order valence-electron chi connectivity index (χ0n) is 10.4. The van der Waals surface area contributed by atoms with E-state index in [1.807, 2.05) is 38.1 Å². The third kappa shape index (κ3) is 2.75. The maximum Gasteiger partial charge on any atom is 0.192 e. The van der Waals surface area contributed by atoms with E-state index in [0.29, 0.717) is 11.0 Å². The molecule has 0 amide bonds. The fraction of sp³-hybridized carbons (Fsp3) is 0.417. The smallest absolute Gasteiger partial charge is 0.192 e. The monoisotopic (exact) mass is 268 g/mol. The van der Waals surface area contributed by atoms with Crippen LogP contribution in [0.1, 0.15) is 19.4 Å². The first-order valence-corrected chi connectivity index (χ1v) is 6.05. The molecule has 0 saturated heterocycles. The minimum absolute atomic E-state index is 0.300. The Hall–Kier alpha value is -1.30. The Morgan fingerprint density at radius 3 is 2.72 bits per heavy atom. The number of ether oxygens (including phenoxy) is 1. The highest BCUT2D eigenvalue weighted by Gasteiger charge is 2.32. The number of rotatable bonds is 3. The van der Waals surface area contributed by atoms with Crippen molar-refractivity contribution in [3.63, 3.8) is 0 Å².